The highest BCUT2D eigenvalue weighted by atomic mass is 35.5. The van der Waals surface area contributed by atoms with Gasteiger partial charge in [-0.05, 0) is 66.3 Å². The molecule has 0 radical (unpaired) electrons. The number of halogens is 1. The van der Waals surface area contributed by atoms with E-state index in [0.29, 0.717) is 22.7 Å². The number of carbonyl (C=O) groups excluding carboxylic acids is 1. The summed E-state index contributed by atoms with van der Waals surface area (Å²) in [6.07, 6.45) is 0. The number of pyridine rings is 1. The van der Waals surface area contributed by atoms with Crippen molar-refractivity contribution in [3.63, 3.8) is 0 Å². The number of rotatable bonds is 5. The molecule has 1 amide bonds. The minimum absolute atomic E-state index is 0.114. The quantitative estimate of drug-likeness (QED) is 0.445. The van der Waals surface area contributed by atoms with E-state index in [0.717, 1.165) is 27.6 Å². The van der Waals surface area contributed by atoms with Crippen LogP contribution in [0.15, 0.2) is 77.6 Å². The van der Waals surface area contributed by atoms with E-state index in [1.54, 1.807) is 17.0 Å². The number of aryl methyl sites for hydroxylation is 2. The predicted octanol–water partition coefficient (Wildman–Crippen LogP) is 5.64. The molecule has 31 heavy (non-hydrogen) atoms. The highest BCUT2D eigenvalue weighted by molar-refractivity contribution is 6.30. The van der Waals surface area contributed by atoms with Crippen LogP contribution < -0.4 is 5.56 Å². The Morgan fingerprint density at radius 3 is 2.42 bits per heavy atom. The van der Waals surface area contributed by atoms with Crippen molar-refractivity contribution >= 4 is 28.4 Å². The molecule has 3 aromatic carbocycles. The number of nitrogens with zero attached hydrogens (tertiary/aromatic N) is 1. The van der Waals surface area contributed by atoms with Crippen LogP contribution in [-0.2, 0) is 13.1 Å². The van der Waals surface area contributed by atoms with Gasteiger partial charge in [0.15, 0.2) is 0 Å². The lowest BCUT2D eigenvalue weighted by molar-refractivity contribution is 0.0728. The first kappa shape index (κ1) is 20.9. The van der Waals surface area contributed by atoms with Crippen molar-refractivity contribution in [3.8, 4) is 0 Å². The van der Waals surface area contributed by atoms with E-state index in [1.165, 1.54) is 0 Å². The van der Waals surface area contributed by atoms with Gasteiger partial charge in [0.2, 0.25) is 0 Å². The second-order valence-electron chi connectivity index (χ2n) is 7.82. The van der Waals surface area contributed by atoms with Crippen molar-refractivity contribution in [1.82, 2.24) is 9.88 Å². The maximum absolute atomic E-state index is 13.4. The largest absolute Gasteiger partial charge is 0.330 e. The third-order valence-electron chi connectivity index (χ3n) is 5.39. The van der Waals surface area contributed by atoms with Crippen LogP contribution >= 0.6 is 11.6 Å². The van der Waals surface area contributed by atoms with E-state index >= 15 is 0 Å². The van der Waals surface area contributed by atoms with Crippen molar-refractivity contribution in [2.45, 2.75) is 26.9 Å². The van der Waals surface area contributed by atoms with Gasteiger partial charge in [0, 0.05) is 28.2 Å². The molecule has 4 rings (SSSR count). The van der Waals surface area contributed by atoms with Crippen molar-refractivity contribution in [2.75, 3.05) is 0 Å². The number of hydrogen-bond acceptors (Lipinski definition) is 2. The number of benzene rings is 3. The minimum atomic E-state index is -0.184. The third kappa shape index (κ3) is 4.70. The molecule has 0 saturated carbocycles. The summed E-state index contributed by atoms with van der Waals surface area (Å²) in [5, 5.41) is 1.58. The van der Waals surface area contributed by atoms with Gasteiger partial charge in [-0.3, -0.25) is 9.59 Å². The molecule has 0 aliphatic heterocycles. The number of hydrogen-bond donors (Lipinski definition) is 1. The Balaban J connectivity index is 1.72. The zero-order valence-corrected chi connectivity index (χ0v) is 18.2. The lowest BCUT2D eigenvalue weighted by atomic mass is 10.1. The first-order chi connectivity index (χ1) is 14.9. The van der Waals surface area contributed by atoms with E-state index in [2.05, 4.69) is 4.98 Å². The molecule has 1 heterocycles. The predicted molar refractivity (Wildman–Crippen MR) is 126 cm³/mol. The molecule has 0 bridgehead atoms. The maximum atomic E-state index is 13.4. The van der Waals surface area contributed by atoms with Crippen LogP contribution in [-0.4, -0.2) is 15.8 Å². The van der Waals surface area contributed by atoms with E-state index in [1.807, 2.05) is 74.5 Å². The molecule has 0 unspecified atom stereocenters. The van der Waals surface area contributed by atoms with Crippen LogP contribution in [0.1, 0.15) is 32.6 Å². The van der Waals surface area contributed by atoms with Gasteiger partial charge in [0.05, 0.1) is 6.54 Å². The topological polar surface area (TPSA) is 53.2 Å². The summed E-state index contributed by atoms with van der Waals surface area (Å²) in [5.41, 5.74) is 4.71. The first-order valence-electron chi connectivity index (χ1n) is 10.1. The Bertz CT molecular complexity index is 1310. The molecule has 0 spiro atoms. The number of amides is 1. The van der Waals surface area contributed by atoms with Gasteiger partial charge in [-0.15, -0.1) is 0 Å². The van der Waals surface area contributed by atoms with E-state index in [9.17, 15) is 9.59 Å². The zero-order valence-electron chi connectivity index (χ0n) is 17.5. The van der Waals surface area contributed by atoms with Crippen LogP contribution in [0.4, 0.5) is 0 Å². The summed E-state index contributed by atoms with van der Waals surface area (Å²) >= 11 is 6.02. The van der Waals surface area contributed by atoms with Crippen molar-refractivity contribution < 1.29 is 4.79 Å². The Morgan fingerprint density at radius 2 is 1.68 bits per heavy atom. The van der Waals surface area contributed by atoms with Gasteiger partial charge in [0.25, 0.3) is 11.5 Å². The second-order valence-corrected chi connectivity index (χ2v) is 8.25. The average molecular weight is 431 g/mol. The summed E-state index contributed by atoms with van der Waals surface area (Å²) < 4.78 is 0. The average Bonchev–Trinajstić information content (AvgIpc) is 2.75. The lowest BCUT2D eigenvalue weighted by Crippen LogP contribution is -2.33. The van der Waals surface area contributed by atoms with E-state index in [-0.39, 0.29) is 18.0 Å². The fourth-order valence-electron chi connectivity index (χ4n) is 3.68. The molecule has 4 aromatic rings. The minimum Gasteiger partial charge on any atom is -0.330 e. The number of aromatic amines is 1. The maximum Gasteiger partial charge on any atom is 0.254 e. The summed E-state index contributed by atoms with van der Waals surface area (Å²) in [5.74, 6) is -0.114. The molecule has 0 fully saturated rings. The molecule has 5 heteroatoms. The smallest absolute Gasteiger partial charge is 0.254 e. The second kappa shape index (κ2) is 8.78. The molecule has 0 saturated heterocycles. The van der Waals surface area contributed by atoms with Crippen molar-refractivity contribution in [1.29, 1.82) is 0 Å². The normalized spacial score (nSPS) is 10.9. The van der Waals surface area contributed by atoms with Gasteiger partial charge in [-0.2, -0.15) is 0 Å². The number of fused-ring (bicyclic) bond motifs is 1. The monoisotopic (exact) mass is 430 g/mol. The first-order valence-corrected chi connectivity index (χ1v) is 10.5. The SMILES string of the molecule is Cc1ccc2cc(CN(Cc3ccc(Cl)cc3)C(=O)c3ccccc3C)c(=O)[nH]c2c1. The Morgan fingerprint density at radius 1 is 0.935 bits per heavy atom. The molecule has 1 N–H and O–H groups in total. The Hall–Kier alpha value is -3.37. The lowest BCUT2D eigenvalue weighted by Gasteiger charge is -2.24. The van der Waals surface area contributed by atoms with Crippen LogP contribution in [0.5, 0.6) is 0 Å². The van der Waals surface area contributed by atoms with Crippen molar-refractivity contribution in [3.05, 3.63) is 116 Å². The fraction of sp³-hybridized carbons (Fsp3) is 0.154. The molecule has 0 aliphatic carbocycles. The van der Waals surface area contributed by atoms with E-state index < -0.39 is 0 Å². The number of nitrogens with one attached hydrogen (secondary N) is 1. The molecule has 4 nitrogen and oxygen atoms in total. The highest BCUT2D eigenvalue weighted by Gasteiger charge is 2.20. The zero-order chi connectivity index (χ0) is 22.0. The van der Waals surface area contributed by atoms with Crippen LogP contribution in [0.3, 0.4) is 0 Å². The number of aromatic nitrogens is 1. The van der Waals surface area contributed by atoms with Gasteiger partial charge in [0.1, 0.15) is 0 Å². The molecule has 1 aromatic heterocycles. The highest BCUT2D eigenvalue weighted by Crippen LogP contribution is 2.19. The van der Waals surface area contributed by atoms with Gasteiger partial charge < -0.3 is 9.88 Å². The van der Waals surface area contributed by atoms with Crippen LogP contribution in [0, 0.1) is 13.8 Å². The molecular weight excluding hydrogens is 408 g/mol. The van der Waals surface area contributed by atoms with Crippen LogP contribution in [0.25, 0.3) is 10.9 Å². The fourth-order valence-corrected chi connectivity index (χ4v) is 3.80. The molecule has 0 aliphatic rings. The van der Waals surface area contributed by atoms with Gasteiger partial charge in [-0.25, -0.2) is 0 Å². The molecule has 156 valence electrons. The number of carbonyl (C=O) groups is 1. The van der Waals surface area contributed by atoms with Gasteiger partial charge in [-0.1, -0.05) is 54.1 Å². The van der Waals surface area contributed by atoms with Crippen LogP contribution in [0.2, 0.25) is 5.02 Å². The third-order valence-corrected chi connectivity index (χ3v) is 5.64. The molecular formula is C26H23ClN2O2. The summed E-state index contributed by atoms with van der Waals surface area (Å²) in [6, 6.07) is 22.7. The number of H-pyrrole nitrogens is 1. The Kier molecular flexibility index (Phi) is 5.92. The Labute approximate surface area is 186 Å². The van der Waals surface area contributed by atoms with Gasteiger partial charge >= 0.3 is 0 Å². The summed E-state index contributed by atoms with van der Waals surface area (Å²) in [6.45, 7) is 4.48. The summed E-state index contributed by atoms with van der Waals surface area (Å²) in [4.78, 5) is 30.9. The summed E-state index contributed by atoms with van der Waals surface area (Å²) in [7, 11) is 0. The standard InChI is InChI=1S/C26H23ClN2O2/c1-17-7-10-20-14-21(25(30)28-24(20)13-17)16-29(15-19-8-11-22(27)12-9-19)26(31)23-6-4-3-5-18(23)2/h3-14H,15-16H2,1-2H3,(H,28,30). The molecule has 0 atom stereocenters. The van der Waals surface area contributed by atoms with Crippen molar-refractivity contribution in [2.24, 2.45) is 0 Å². The van der Waals surface area contributed by atoms with E-state index in [4.69, 9.17) is 11.6 Å².